The molecule has 0 saturated carbocycles. The minimum atomic E-state index is 0.254. The van der Waals surface area contributed by atoms with Crippen LogP contribution in [0.15, 0.2) is 0 Å². The van der Waals surface area contributed by atoms with Gasteiger partial charge in [0.25, 0.3) is 0 Å². The molecule has 1 amide bonds. The second-order valence-electron chi connectivity index (χ2n) is 5.00. The van der Waals surface area contributed by atoms with Crippen LogP contribution in [0, 0.1) is 11.8 Å². The van der Waals surface area contributed by atoms with Gasteiger partial charge in [0, 0.05) is 18.5 Å². The summed E-state index contributed by atoms with van der Waals surface area (Å²) in [6.07, 6.45) is 4.35. The van der Waals surface area contributed by atoms with Crippen LogP contribution in [0.1, 0.15) is 53.4 Å². The number of rotatable bonds is 4. The van der Waals surface area contributed by atoms with Gasteiger partial charge in [-0.1, -0.05) is 27.7 Å². The quantitative estimate of drug-likeness (QED) is 0.700. The van der Waals surface area contributed by atoms with E-state index in [1.807, 2.05) is 0 Å². The maximum Gasteiger partial charge on any atom is 0.225 e. The van der Waals surface area contributed by atoms with Crippen molar-refractivity contribution in [2.45, 2.75) is 59.4 Å². The molecule has 1 aliphatic rings. The first-order valence-electron chi connectivity index (χ1n) is 6.42. The fraction of sp³-hybridized carbons (Fsp3) is 0.923. The first-order valence-corrected chi connectivity index (χ1v) is 6.42. The minimum absolute atomic E-state index is 0.254. The van der Waals surface area contributed by atoms with Gasteiger partial charge < -0.3 is 4.90 Å². The van der Waals surface area contributed by atoms with E-state index in [1.54, 1.807) is 0 Å². The van der Waals surface area contributed by atoms with Gasteiger partial charge in [0.15, 0.2) is 0 Å². The fourth-order valence-electron chi connectivity index (χ4n) is 2.63. The molecular formula is C13H25NO. The maximum absolute atomic E-state index is 12.2. The van der Waals surface area contributed by atoms with Gasteiger partial charge >= 0.3 is 0 Å². The number of hydrogen-bond donors (Lipinski definition) is 0. The Bertz CT molecular complexity index is 209. The molecule has 1 rings (SSSR count). The molecule has 2 heteroatoms. The molecule has 1 aliphatic heterocycles. The van der Waals surface area contributed by atoms with Crippen molar-refractivity contribution in [3.05, 3.63) is 0 Å². The van der Waals surface area contributed by atoms with Gasteiger partial charge in [-0.25, -0.2) is 0 Å². The molecule has 88 valence electrons. The normalized spacial score (nSPS) is 21.7. The molecule has 1 unspecified atom stereocenters. The second kappa shape index (κ2) is 5.53. The molecule has 0 N–H and O–H groups in total. The molecule has 0 aromatic heterocycles. The first kappa shape index (κ1) is 12.5. The lowest BCUT2D eigenvalue weighted by molar-refractivity contribution is -0.137. The number of nitrogens with zero attached hydrogens (tertiary/aromatic N) is 1. The minimum Gasteiger partial charge on any atom is -0.339 e. The van der Waals surface area contributed by atoms with Crippen molar-refractivity contribution in [1.82, 2.24) is 4.90 Å². The molecule has 0 spiro atoms. The molecular weight excluding hydrogens is 186 g/mol. The number of carbonyl (C=O) groups excluding carboxylic acids is 1. The average Bonchev–Trinajstić information content (AvgIpc) is 2.67. The van der Waals surface area contributed by atoms with E-state index in [0.717, 1.165) is 19.4 Å². The Hall–Kier alpha value is -0.530. The third-order valence-electron chi connectivity index (χ3n) is 3.69. The van der Waals surface area contributed by atoms with Gasteiger partial charge in [-0.05, 0) is 31.6 Å². The lowest BCUT2D eigenvalue weighted by Crippen LogP contribution is -2.41. The Morgan fingerprint density at radius 2 is 1.93 bits per heavy atom. The van der Waals surface area contributed by atoms with Crippen molar-refractivity contribution in [2.75, 3.05) is 6.54 Å². The van der Waals surface area contributed by atoms with Crippen LogP contribution >= 0.6 is 0 Å². The van der Waals surface area contributed by atoms with E-state index in [-0.39, 0.29) is 5.92 Å². The monoisotopic (exact) mass is 211 g/mol. The summed E-state index contributed by atoms with van der Waals surface area (Å²) in [7, 11) is 0. The molecule has 15 heavy (non-hydrogen) atoms. The van der Waals surface area contributed by atoms with Gasteiger partial charge in [-0.3, -0.25) is 4.79 Å². The summed E-state index contributed by atoms with van der Waals surface area (Å²) in [5, 5.41) is 0. The van der Waals surface area contributed by atoms with E-state index >= 15 is 0 Å². The predicted octanol–water partition coefficient (Wildman–Crippen LogP) is 3.07. The van der Waals surface area contributed by atoms with Crippen molar-refractivity contribution in [3.63, 3.8) is 0 Å². The summed E-state index contributed by atoms with van der Waals surface area (Å²) in [5.74, 6) is 1.26. The van der Waals surface area contributed by atoms with E-state index in [9.17, 15) is 4.79 Å². The largest absolute Gasteiger partial charge is 0.339 e. The summed E-state index contributed by atoms with van der Waals surface area (Å²) in [6.45, 7) is 9.67. The summed E-state index contributed by atoms with van der Waals surface area (Å²) in [4.78, 5) is 14.4. The Kier molecular flexibility index (Phi) is 4.62. The molecule has 1 saturated heterocycles. The van der Waals surface area contributed by atoms with Crippen LogP contribution in [0.2, 0.25) is 0 Å². The van der Waals surface area contributed by atoms with Gasteiger partial charge in [0.1, 0.15) is 0 Å². The number of hydrogen-bond acceptors (Lipinski definition) is 1. The maximum atomic E-state index is 12.2. The van der Waals surface area contributed by atoms with Crippen molar-refractivity contribution in [3.8, 4) is 0 Å². The number of likely N-dealkylation sites (tertiary alicyclic amines) is 1. The Labute approximate surface area is 94.0 Å². The van der Waals surface area contributed by atoms with Crippen LogP contribution < -0.4 is 0 Å². The van der Waals surface area contributed by atoms with Crippen LogP contribution in [0.4, 0.5) is 0 Å². The number of amides is 1. The highest BCUT2D eigenvalue weighted by atomic mass is 16.2. The highest BCUT2D eigenvalue weighted by molar-refractivity contribution is 5.79. The topological polar surface area (TPSA) is 20.3 Å². The van der Waals surface area contributed by atoms with Gasteiger partial charge in [-0.2, -0.15) is 0 Å². The smallest absolute Gasteiger partial charge is 0.225 e. The molecule has 0 aromatic carbocycles. The highest BCUT2D eigenvalue weighted by Crippen LogP contribution is 2.26. The van der Waals surface area contributed by atoms with E-state index in [0.29, 0.717) is 17.9 Å². The molecule has 1 atom stereocenters. The Morgan fingerprint density at radius 3 is 2.40 bits per heavy atom. The van der Waals surface area contributed by atoms with Crippen LogP contribution in [0.3, 0.4) is 0 Å². The molecule has 1 fully saturated rings. The van der Waals surface area contributed by atoms with Gasteiger partial charge in [0.05, 0.1) is 0 Å². The first-order chi connectivity index (χ1) is 7.11. The third kappa shape index (κ3) is 2.73. The summed E-state index contributed by atoms with van der Waals surface area (Å²) >= 11 is 0. The van der Waals surface area contributed by atoms with Crippen molar-refractivity contribution in [2.24, 2.45) is 11.8 Å². The van der Waals surface area contributed by atoms with Crippen molar-refractivity contribution in [1.29, 1.82) is 0 Å². The summed E-state index contributed by atoms with van der Waals surface area (Å²) in [6, 6.07) is 0.498. The summed E-state index contributed by atoms with van der Waals surface area (Å²) < 4.78 is 0. The Balaban J connectivity index is 2.65. The Morgan fingerprint density at radius 1 is 1.33 bits per heavy atom. The molecule has 0 bridgehead atoms. The van der Waals surface area contributed by atoms with E-state index in [4.69, 9.17) is 0 Å². The fourth-order valence-corrected chi connectivity index (χ4v) is 2.63. The highest BCUT2D eigenvalue weighted by Gasteiger charge is 2.33. The van der Waals surface area contributed by atoms with Crippen LogP contribution in [-0.4, -0.2) is 23.4 Å². The number of carbonyl (C=O) groups is 1. The molecule has 0 aromatic rings. The second-order valence-corrected chi connectivity index (χ2v) is 5.00. The van der Waals surface area contributed by atoms with Crippen molar-refractivity contribution < 1.29 is 4.79 Å². The molecule has 1 heterocycles. The van der Waals surface area contributed by atoms with Crippen molar-refractivity contribution >= 4 is 5.91 Å². The SMILES string of the molecule is CCC(CC)C(=O)N1CCCC1C(C)C. The molecule has 2 nitrogen and oxygen atoms in total. The third-order valence-corrected chi connectivity index (χ3v) is 3.69. The van der Waals surface area contributed by atoms with Crippen LogP contribution in [-0.2, 0) is 4.79 Å². The average molecular weight is 211 g/mol. The van der Waals surface area contributed by atoms with Crippen LogP contribution in [0.25, 0.3) is 0 Å². The zero-order valence-corrected chi connectivity index (χ0v) is 10.6. The van der Waals surface area contributed by atoms with Gasteiger partial charge in [0.2, 0.25) is 5.91 Å². The van der Waals surface area contributed by atoms with E-state index < -0.39 is 0 Å². The zero-order valence-electron chi connectivity index (χ0n) is 10.6. The molecule has 0 aliphatic carbocycles. The standard InChI is InChI=1S/C13H25NO/c1-5-11(6-2)13(15)14-9-7-8-12(14)10(3)4/h10-12H,5-9H2,1-4H3. The lowest BCUT2D eigenvalue weighted by atomic mass is 9.98. The predicted molar refractivity (Wildman–Crippen MR) is 63.6 cm³/mol. The van der Waals surface area contributed by atoms with E-state index in [2.05, 4.69) is 32.6 Å². The molecule has 0 radical (unpaired) electrons. The summed E-state index contributed by atoms with van der Waals surface area (Å²) in [5.41, 5.74) is 0. The van der Waals surface area contributed by atoms with Gasteiger partial charge in [-0.15, -0.1) is 0 Å². The van der Waals surface area contributed by atoms with Crippen LogP contribution in [0.5, 0.6) is 0 Å². The van der Waals surface area contributed by atoms with E-state index in [1.165, 1.54) is 12.8 Å². The lowest BCUT2D eigenvalue weighted by Gasteiger charge is -2.30. The zero-order chi connectivity index (χ0) is 11.4.